The molecule has 1 rings (SSSR count). The first-order chi connectivity index (χ1) is 7.13. The van der Waals surface area contributed by atoms with Crippen LogP contribution >= 0.6 is 0 Å². The van der Waals surface area contributed by atoms with E-state index in [4.69, 9.17) is 0 Å². The smallest absolute Gasteiger partial charge is 0.125 e. The number of rotatable bonds is 4. The number of hydrogen-bond acceptors (Lipinski definition) is 3. The third-order valence-electron chi connectivity index (χ3n) is 2.37. The van der Waals surface area contributed by atoms with Crippen molar-refractivity contribution in [1.29, 1.82) is 0 Å². The molecule has 82 valence electrons. The normalized spacial score (nSPS) is 14.0. The summed E-state index contributed by atoms with van der Waals surface area (Å²) in [5.41, 5.74) is 2.26. The predicted octanol–water partition coefficient (Wildman–Crippen LogP) is 2.19. The zero-order valence-electron chi connectivity index (χ0n) is 9.91. The van der Waals surface area contributed by atoms with Gasteiger partial charge in [0.25, 0.3) is 0 Å². The van der Waals surface area contributed by atoms with Gasteiger partial charge in [-0.15, -0.1) is 0 Å². The number of aromatic nitrogens is 2. The van der Waals surface area contributed by atoms with Gasteiger partial charge in [-0.25, -0.2) is 9.97 Å². The van der Waals surface area contributed by atoms with E-state index >= 15 is 0 Å². The van der Waals surface area contributed by atoms with Crippen LogP contribution in [-0.4, -0.2) is 22.6 Å². The molecule has 0 aliphatic heterocycles. The topological polar surface area (TPSA) is 37.8 Å². The lowest BCUT2D eigenvalue weighted by atomic mass is 10.1. The van der Waals surface area contributed by atoms with Crippen LogP contribution in [0.3, 0.4) is 0 Å². The van der Waals surface area contributed by atoms with Crippen LogP contribution in [0.4, 0.5) is 0 Å². The van der Waals surface area contributed by atoms with E-state index in [1.807, 2.05) is 13.0 Å². The molecular formula is C12H19N3. The molecule has 15 heavy (non-hydrogen) atoms. The summed E-state index contributed by atoms with van der Waals surface area (Å²) in [6, 6.07) is 2.32. The number of likely N-dealkylation sites (N-methyl/N-ethyl adjacent to an activating group) is 1. The Morgan fingerprint density at radius 2 is 2.33 bits per heavy atom. The summed E-state index contributed by atoms with van der Waals surface area (Å²) >= 11 is 0. The molecule has 0 bridgehead atoms. The van der Waals surface area contributed by atoms with Gasteiger partial charge in [0.15, 0.2) is 0 Å². The van der Waals surface area contributed by atoms with Crippen molar-refractivity contribution in [1.82, 2.24) is 15.3 Å². The molecule has 0 aliphatic rings. The number of nitrogens with one attached hydrogen (secondary N) is 1. The second kappa shape index (κ2) is 5.61. The molecule has 1 aromatic heterocycles. The third-order valence-corrected chi connectivity index (χ3v) is 2.37. The molecule has 3 nitrogen and oxygen atoms in total. The van der Waals surface area contributed by atoms with Crippen molar-refractivity contribution in [2.45, 2.75) is 33.7 Å². The highest BCUT2D eigenvalue weighted by atomic mass is 14.9. The van der Waals surface area contributed by atoms with Crippen LogP contribution in [0.2, 0.25) is 0 Å². The standard InChI is InChI=1S/C12H19N3/c1-5-13-10(3)9(2)8-12-6-7-14-11(4)15-12/h6-8,10,13H,5H2,1-4H3/b9-8+. The van der Waals surface area contributed by atoms with Gasteiger partial charge in [0.2, 0.25) is 0 Å². The van der Waals surface area contributed by atoms with E-state index in [0.29, 0.717) is 6.04 Å². The summed E-state index contributed by atoms with van der Waals surface area (Å²) in [7, 11) is 0. The van der Waals surface area contributed by atoms with Crippen LogP contribution in [0.5, 0.6) is 0 Å². The van der Waals surface area contributed by atoms with Gasteiger partial charge in [-0.1, -0.05) is 12.5 Å². The number of aryl methyl sites for hydroxylation is 1. The van der Waals surface area contributed by atoms with Crippen molar-refractivity contribution in [3.63, 3.8) is 0 Å². The van der Waals surface area contributed by atoms with Gasteiger partial charge in [-0.2, -0.15) is 0 Å². The molecule has 0 radical (unpaired) electrons. The zero-order valence-corrected chi connectivity index (χ0v) is 9.91. The summed E-state index contributed by atoms with van der Waals surface area (Å²) in [6.45, 7) is 9.27. The van der Waals surface area contributed by atoms with E-state index in [1.165, 1.54) is 5.57 Å². The first-order valence-electron chi connectivity index (χ1n) is 5.34. The Balaban J connectivity index is 2.78. The fraction of sp³-hybridized carbons (Fsp3) is 0.500. The fourth-order valence-electron chi connectivity index (χ4n) is 1.38. The third kappa shape index (κ3) is 3.80. The van der Waals surface area contributed by atoms with Gasteiger partial charge in [0.05, 0.1) is 5.69 Å². The monoisotopic (exact) mass is 205 g/mol. The van der Waals surface area contributed by atoms with Crippen LogP contribution in [0.15, 0.2) is 17.8 Å². The molecule has 3 heteroatoms. The Hall–Kier alpha value is -1.22. The van der Waals surface area contributed by atoms with Crippen molar-refractivity contribution in [2.75, 3.05) is 6.54 Å². The van der Waals surface area contributed by atoms with Gasteiger partial charge in [0, 0.05) is 12.2 Å². The lowest BCUT2D eigenvalue weighted by molar-refractivity contribution is 0.636. The molecule has 0 saturated carbocycles. The minimum atomic E-state index is 0.394. The van der Waals surface area contributed by atoms with Gasteiger partial charge in [0.1, 0.15) is 5.82 Å². The molecule has 0 saturated heterocycles. The molecule has 1 N–H and O–H groups in total. The largest absolute Gasteiger partial charge is 0.311 e. The van der Waals surface area contributed by atoms with E-state index in [9.17, 15) is 0 Å². The summed E-state index contributed by atoms with van der Waals surface area (Å²) in [4.78, 5) is 8.41. The van der Waals surface area contributed by atoms with Crippen LogP contribution < -0.4 is 5.32 Å². The molecule has 0 amide bonds. The summed E-state index contributed by atoms with van der Waals surface area (Å²) in [6.07, 6.45) is 3.89. The van der Waals surface area contributed by atoms with Crippen molar-refractivity contribution in [3.05, 3.63) is 29.4 Å². The number of hydrogen-bond donors (Lipinski definition) is 1. The second-order valence-corrected chi connectivity index (χ2v) is 3.70. The Bertz CT molecular complexity index is 344. The molecular weight excluding hydrogens is 186 g/mol. The van der Waals surface area contributed by atoms with Crippen molar-refractivity contribution < 1.29 is 0 Å². The zero-order chi connectivity index (χ0) is 11.3. The van der Waals surface area contributed by atoms with Gasteiger partial charge >= 0.3 is 0 Å². The highest BCUT2D eigenvalue weighted by Gasteiger charge is 2.02. The van der Waals surface area contributed by atoms with Gasteiger partial charge < -0.3 is 5.32 Å². The quantitative estimate of drug-likeness (QED) is 0.818. The summed E-state index contributed by atoms with van der Waals surface area (Å²) in [5.74, 6) is 0.813. The second-order valence-electron chi connectivity index (χ2n) is 3.70. The summed E-state index contributed by atoms with van der Waals surface area (Å²) in [5, 5.41) is 3.37. The molecule has 0 aliphatic carbocycles. The maximum absolute atomic E-state index is 4.34. The summed E-state index contributed by atoms with van der Waals surface area (Å²) < 4.78 is 0. The van der Waals surface area contributed by atoms with E-state index in [1.54, 1.807) is 6.20 Å². The van der Waals surface area contributed by atoms with Crippen molar-refractivity contribution in [3.8, 4) is 0 Å². The minimum Gasteiger partial charge on any atom is -0.311 e. The first-order valence-corrected chi connectivity index (χ1v) is 5.34. The van der Waals surface area contributed by atoms with Crippen LogP contribution in [0, 0.1) is 6.92 Å². The van der Waals surface area contributed by atoms with Gasteiger partial charge in [-0.3, -0.25) is 0 Å². The lowest BCUT2D eigenvalue weighted by Gasteiger charge is -2.12. The minimum absolute atomic E-state index is 0.394. The highest BCUT2D eigenvalue weighted by Crippen LogP contribution is 2.07. The molecule has 1 unspecified atom stereocenters. The lowest BCUT2D eigenvalue weighted by Crippen LogP contribution is -2.26. The van der Waals surface area contributed by atoms with E-state index in [2.05, 4.69) is 42.1 Å². The van der Waals surface area contributed by atoms with Gasteiger partial charge in [-0.05, 0) is 39.5 Å². The molecule has 1 heterocycles. The highest BCUT2D eigenvalue weighted by molar-refractivity contribution is 5.49. The van der Waals surface area contributed by atoms with Crippen LogP contribution in [0.25, 0.3) is 6.08 Å². The Kier molecular flexibility index (Phi) is 4.43. The number of nitrogens with zero attached hydrogens (tertiary/aromatic N) is 2. The maximum Gasteiger partial charge on any atom is 0.125 e. The van der Waals surface area contributed by atoms with E-state index in [0.717, 1.165) is 18.1 Å². The van der Waals surface area contributed by atoms with E-state index in [-0.39, 0.29) is 0 Å². The Labute approximate surface area is 91.7 Å². The SMILES string of the molecule is CCNC(C)/C(C)=C/c1ccnc(C)n1. The van der Waals surface area contributed by atoms with Crippen molar-refractivity contribution in [2.24, 2.45) is 0 Å². The Morgan fingerprint density at radius 1 is 1.60 bits per heavy atom. The predicted molar refractivity (Wildman–Crippen MR) is 63.6 cm³/mol. The molecule has 0 spiro atoms. The molecule has 0 fully saturated rings. The van der Waals surface area contributed by atoms with Crippen molar-refractivity contribution >= 4 is 6.08 Å². The Morgan fingerprint density at radius 3 is 2.93 bits per heavy atom. The van der Waals surface area contributed by atoms with Crippen LogP contribution in [-0.2, 0) is 0 Å². The van der Waals surface area contributed by atoms with Crippen LogP contribution in [0.1, 0.15) is 32.3 Å². The molecule has 1 atom stereocenters. The van der Waals surface area contributed by atoms with E-state index < -0.39 is 0 Å². The first kappa shape index (κ1) is 11.9. The fourth-order valence-corrected chi connectivity index (χ4v) is 1.38. The maximum atomic E-state index is 4.34. The average Bonchev–Trinajstić information content (AvgIpc) is 2.18. The average molecular weight is 205 g/mol. The molecule has 1 aromatic rings. The molecule has 0 aromatic carbocycles.